The highest BCUT2D eigenvalue weighted by molar-refractivity contribution is 5.95. The number of ether oxygens (including phenoxy) is 1. The highest BCUT2D eigenvalue weighted by Crippen LogP contribution is 2.24. The molecule has 1 aliphatic rings. The fourth-order valence-corrected chi connectivity index (χ4v) is 2.39. The van der Waals surface area contributed by atoms with Crippen LogP contribution < -0.4 is 5.73 Å². The molecule has 7 heteroatoms. The predicted molar refractivity (Wildman–Crippen MR) is 82.6 cm³/mol. The number of anilines is 1. The van der Waals surface area contributed by atoms with Gasteiger partial charge in [-0.1, -0.05) is 13.8 Å². The number of nitrogens with zero attached hydrogens (tertiary/aromatic N) is 2. The van der Waals surface area contributed by atoms with Crippen molar-refractivity contribution in [1.82, 2.24) is 4.90 Å². The minimum Gasteiger partial charge on any atom is -0.393 e. The third kappa shape index (κ3) is 3.73. The smallest absolute Gasteiger partial charge is 0.292 e. The Morgan fingerprint density at radius 3 is 2.91 bits per heavy atom. The molecular formula is C15H21N3O4. The predicted octanol–water partition coefficient (Wildman–Crippen LogP) is 2.06. The van der Waals surface area contributed by atoms with Crippen molar-refractivity contribution in [3.8, 4) is 0 Å². The van der Waals surface area contributed by atoms with Crippen molar-refractivity contribution in [2.24, 2.45) is 5.92 Å². The summed E-state index contributed by atoms with van der Waals surface area (Å²) < 4.78 is 5.74. The van der Waals surface area contributed by atoms with Gasteiger partial charge in [-0.05, 0) is 24.5 Å². The van der Waals surface area contributed by atoms with Gasteiger partial charge in [-0.25, -0.2) is 0 Å². The van der Waals surface area contributed by atoms with Crippen molar-refractivity contribution in [3.63, 3.8) is 0 Å². The molecule has 0 spiro atoms. The van der Waals surface area contributed by atoms with Crippen LogP contribution in [0.25, 0.3) is 0 Å². The van der Waals surface area contributed by atoms with Crippen molar-refractivity contribution in [3.05, 3.63) is 33.9 Å². The maximum absolute atomic E-state index is 12.4. The van der Waals surface area contributed by atoms with Crippen LogP contribution in [0.15, 0.2) is 18.2 Å². The molecule has 1 atom stereocenters. The van der Waals surface area contributed by atoms with Gasteiger partial charge in [-0.15, -0.1) is 0 Å². The van der Waals surface area contributed by atoms with Crippen molar-refractivity contribution < 1.29 is 14.5 Å². The Morgan fingerprint density at radius 1 is 1.55 bits per heavy atom. The third-order valence-corrected chi connectivity index (χ3v) is 3.57. The fraction of sp³-hybridized carbons (Fsp3) is 0.533. The van der Waals surface area contributed by atoms with Crippen LogP contribution >= 0.6 is 0 Å². The zero-order chi connectivity index (χ0) is 16.3. The quantitative estimate of drug-likeness (QED) is 0.510. The van der Waals surface area contributed by atoms with Gasteiger partial charge >= 0.3 is 0 Å². The summed E-state index contributed by atoms with van der Waals surface area (Å²) in [4.78, 5) is 24.4. The summed E-state index contributed by atoms with van der Waals surface area (Å²) >= 11 is 0. The van der Waals surface area contributed by atoms with Crippen LogP contribution in [-0.2, 0) is 4.74 Å². The Morgan fingerprint density at radius 2 is 2.27 bits per heavy atom. The zero-order valence-corrected chi connectivity index (χ0v) is 12.8. The van der Waals surface area contributed by atoms with E-state index in [-0.39, 0.29) is 28.9 Å². The SMILES string of the molecule is CC(C)COC1CCN(C(=O)c2ccc(N)c([N+](=O)[O-])c2)C1. The molecule has 0 saturated carbocycles. The second kappa shape index (κ2) is 6.74. The van der Waals surface area contributed by atoms with Gasteiger partial charge < -0.3 is 15.4 Å². The number of carbonyl (C=O) groups excluding carboxylic acids is 1. The van der Waals surface area contributed by atoms with Crippen LogP contribution in [0.2, 0.25) is 0 Å². The van der Waals surface area contributed by atoms with Gasteiger partial charge in [0.25, 0.3) is 11.6 Å². The summed E-state index contributed by atoms with van der Waals surface area (Å²) in [6.07, 6.45) is 0.824. The maximum Gasteiger partial charge on any atom is 0.292 e. The molecule has 1 aromatic rings. The van der Waals surface area contributed by atoms with Crippen LogP contribution in [0, 0.1) is 16.0 Å². The van der Waals surface area contributed by atoms with Gasteiger partial charge in [-0.2, -0.15) is 0 Å². The summed E-state index contributed by atoms with van der Waals surface area (Å²) in [5, 5.41) is 10.9. The lowest BCUT2D eigenvalue weighted by molar-refractivity contribution is -0.383. The topological polar surface area (TPSA) is 98.7 Å². The molecule has 0 bridgehead atoms. The second-order valence-corrected chi connectivity index (χ2v) is 5.92. The van der Waals surface area contributed by atoms with E-state index in [9.17, 15) is 14.9 Å². The lowest BCUT2D eigenvalue weighted by atomic mass is 10.1. The van der Waals surface area contributed by atoms with Crippen LogP contribution in [0.3, 0.4) is 0 Å². The average Bonchev–Trinajstić information content (AvgIpc) is 2.93. The van der Waals surface area contributed by atoms with E-state index in [1.165, 1.54) is 18.2 Å². The number of hydrogen-bond donors (Lipinski definition) is 1. The van der Waals surface area contributed by atoms with Crippen LogP contribution in [0.1, 0.15) is 30.6 Å². The number of nitrogen functional groups attached to an aromatic ring is 1. The lowest BCUT2D eigenvalue weighted by Crippen LogP contribution is -2.30. The second-order valence-electron chi connectivity index (χ2n) is 5.92. The molecule has 1 unspecified atom stereocenters. The number of nitro groups is 1. The molecule has 2 rings (SSSR count). The third-order valence-electron chi connectivity index (χ3n) is 3.57. The minimum atomic E-state index is -0.579. The van der Waals surface area contributed by atoms with Crippen molar-refractivity contribution in [2.45, 2.75) is 26.4 Å². The molecule has 1 saturated heterocycles. The first-order valence-corrected chi connectivity index (χ1v) is 7.33. The molecule has 1 aliphatic heterocycles. The highest BCUT2D eigenvalue weighted by atomic mass is 16.6. The van der Waals surface area contributed by atoms with Crippen LogP contribution in [0.5, 0.6) is 0 Å². The van der Waals surface area contributed by atoms with Gasteiger partial charge in [0, 0.05) is 31.3 Å². The molecule has 0 aromatic heterocycles. The molecule has 1 fully saturated rings. The number of nitro benzene ring substituents is 1. The number of benzene rings is 1. The number of carbonyl (C=O) groups is 1. The summed E-state index contributed by atoms with van der Waals surface area (Å²) in [5.74, 6) is 0.225. The highest BCUT2D eigenvalue weighted by Gasteiger charge is 2.28. The average molecular weight is 307 g/mol. The normalized spacial score (nSPS) is 18.0. The molecular weight excluding hydrogens is 286 g/mol. The number of amides is 1. The Hall–Kier alpha value is -2.15. The monoisotopic (exact) mass is 307 g/mol. The Kier molecular flexibility index (Phi) is 4.97. The summed E-state index contributed by atoms with van der Waals surface area (Å²) in [5.41, 5.74) is 5.65. The molecule has 7 nitrogen and oxygen atoms in total. The Labute approximate surface area is 129 Å². The van der Waals surface area contributed by atoms with Gasteiger partial charge in [-0.3, -0.25) is 14.9 Å². The Bertz CT molecular complexity index is 574. The molecule has 1 aromatic carbocycles. The zero-order valence-electron chi connectivity index (χ0n) is 12.8. The molecule has 120 valence electrons. The van der Waals surface area contributed by atoms with E-state index in [1.807, 2.05) is 0 Å². The van der Waals surface area contributed by atoms with E-state index in [0.29, 0.717) is 25.6 Å². The molecule has 0 aliphatic carbocycles. The number of likely N-dealkylation sites (tertiary alicyclic amines) is 1. The van der Waals surface area contributed by atoms with E-state index < -0.39 is 4.92 Å². The van der Waals surface area contributed by atoms with Crippen LogP contribution in [0.4, 0.5) is 11.4 Å². The molecule has 22 heavy (non-hydrogen) atoms. The molecule has 1 heterocycles. The van der Waals surface area contributed by atoms with Gasteiger partial charge in [0.2, 0.25) is 0 Å². The summed E-state index contributed by atoms with van der Waals surface area (Å²) in [6, 6.07) is 4.15. The van der Waals surface area contributed by atoms with Gasteiger partial charge in [0.1, 0.15) is 5.69 Å². The molecule has 2 N–H and O–H groups in total. The van der Waals surface area contributed by atoms with E-state index in [4.69, 9.17) is 10.5 Å². The first-order valence-electron chi connectivity index (χ1n) is 7.33. The molecule has 0 radical (unpaired) electrons. The van der Waals surface area contributed by atoms with E-state index in [0.717, 1.165) is 6.42 Å². The van der Waals surface area contributed by atoms with Crippen molar-refractivity contribution >= 4 is 17.3 Å². The van der Waals surface area contributed by atoms with Crippen LogP contribution in [-0.4, -0.2) is 41.5 Å². The minimum absolute atomic E-state index is 0.0371. The van der Waals surface area contributed by atoms with E-state index in [1.54, 1.807) is 4.90 Å². The number of hydrogen-bond acceptors (Lipinski definition) is 5. The Balaban J connectivity index is 2.03. The van der Waals surface area contributed by atoms with E-state index in [2.05, 4.69) is 13.8 Å². The van der Waals surface area contributed by atoms with Crippen molar-refractivity contribution in [2.75, 3.05) is 25.4 Å². The summed E-state index contributed by atoms with van der Waals surface area (Å²) in [7, 11) is 0. The fourth-order valence-electron chi connectivity index (χ4n) is 2.39. The lowest BCUT2D eigenvalue weighted by Gasteiger charge is -2.17. The number of nitrogens with two attached hydrogens (primary N) is 1. The maximum atomic E-state index is 12.4. The largest absolute Gasteiger partial charge is 0.393 e. The van der Waals surface area contributed by atoms with Crippen molar-refractivity contribution in [1.29, 1.82) is 0 Å². The standard InChI is InChI=1S/C15H21N3O4/c1-10(2)9-22-12-5-6-17(8-12)15(19)11-3-4-13(16)14(7-11)18(20)21/h3-4,7,10,12H,5-6,8-9,16H2,1-2H3. The van der Waals surface area contributed by atoms with E-state index >= 15 is 0 Å². The first-order chi connectivity index (χ1) is 10.4. The first kappa shape index (κ1) is 16.2. The van der Waals surface area contributed by atoms with Gasteiger partial charge in [0.15, 0.2) is 0 Å². The molecule has 1 amide bonds. The van der Waals surface area contributed by atoms with Gasteiger partial charge in [0.05, 0.1) is 11.0 Å². The summed E-state index contributed by atoms with van der Waals surface area (Å²) in [6.45, 7) is 5.93. The number of rotatable bonds is 5.